The van der Waals surface area contributed by atoms with Gasteiger partial charge in [0.25, 0.3) is 0 Å². The van der Waals surface area contributed by atoms with Crippen molar-refractivity contribution in [3.8, 4) is 0 Å². The van der Waals surface area contributed by atoms with Gasteiger partial charge in [-0.1, -0.05) is 13.8 Å². The summed E-state index contributed by atoms with van der Waals surface area (Å²) in [6, 6.07) is 1.92. The molecule has 0 aromatic carbocycles. The second-order valence-electron chi connectivity index (χ2n) is 3.94. The highest BCUT2D eigenvalue weighted by Gasteiger charge is 1.95. The molecular formula is C11H19N3O. The molecule has 1 rings (SSSR count). The summed E-state index contributed by atoms with van der Waals surface area (Å²) in [7, 11) is 0. The van der Waals surface area contributed by atoms with Crippen LogP contribution in [0.25, 0.3) is 0 Å². The van der Waals surface area contributed by atoms with Gasteiger partial charge in [0.1, 0.15) is 12.1 Å². The molecule has 0 radical (unpaired) electrons. The molecule has 0 aliphatic heterocycles. The number of aryl methyl sites for hydroxylation is 1. The molecule has 1 aromatic heterocycles. The normalized spacial score (nSPS) is 10.7. The molecule has 1 N–H and O–H groups in total. The lowest BCUT2D eigenvalue weighted by molar-refractivity contribution is 0.118. The molecule has 0 fully saturated rings. The SMILES string of the molecule is Cc1cc(NCCOCC(C)C)ncn1. The highest BCUT2D eigenvalue weighted by atomic mass is 16.5. The fraction of sp³-hybridized carbons (Fsp3) is 0.636. The van der Waals surface area contributed by atoms with Gasteiger partial charge in [0.15, 0.2) is 0 Å². The van der Waals surface area contributed by atoms with Gasteiger partial charge >= 0.3 is 0 Å². The maximum Gasteiger partial charge on any atom is 0.129 e. The number of nitrogens with one attached hydrogen (secondary N) is 1. The monoisotopic (exact) mass is 209 g/mol. The van der Waals surface area contributed by atoms with E-state index in [-0.39, 0.29) is 0 Å². The molecule has 0 unspecified atom stereocenters. The van der Waals surface area contributed by atoms with E-state index in [1.807, 2.05) is 13.0 Å². The number of ether oxygens (including phenoxy) is 1. The van der Waals surface area contributed by atoms with Gasteiger partial charge in [-0.25, -0.2) is 9.97 Å². The Morgan fingerprint density at radius 1 is 1.40 bits per heavy atom. The summed E-state index contributed by atoms with van der Waals surface area (Å²) in [5.41, 5.74) is 0.968. The van der Waals surface area contributed by atoms with E-state index in [1.165, 1.54) is 0 Å². The van der Waals surface area contributed by atoms with Gasteiger partial charge in [0, 0.05) is 24.9 Å². The maximum absolute atomic E-state index is 5.44. The van der Waals surface area contributed by atoms with E-state index in [0.717, 1.165) is 24.7 Å². The summed E-state index contributed by atoms with van der Waals surface area (Å²) in [4.78, 5) is 8.12. The lowest BCUT2D eigenvalue weighted by Gasteiger charge is -2.08. The molecule has 1 aromatic rings. The van der Waals surface area contributed by atoms with Gasteiger partial charge in [-0.2, -0.15) is 0 Å². The van der Waals surface area contributed by atoms with E-state index in [2.05, 4.69) is 29.1 Å². The third kappa shape index (κ3) is 5.32. The number of nitrogens with zero attached hydrogens (tertiary/aromatic N) is 2. The molecule has 0 saturated heterocycles. The Balaban J connectivity index is 2.15. The van der Waals surface area contributed by atoms with Crippen molar-refractivity contribution in [2.45, 2.75) is 20.8 Å². The van der Waals surface area contributed by atoms with Crippen LogP contribution in [-0.4, -0.2) is 29.7 Å². The first-order valence-corrected chi connectivity index (χ1v) is 5.28. The highest BCUT2D eigenvalue weighted by Crippen LogP contribution is 2.01. The van der Waals surface area contributed by atoms with Gasteiger partial charge in [0.05, 0.1) is 6.61 Å². The number of aromatic nitrogens is 2. The van der Waals surface area contributed by atoms with E-state index in [1.54, 1.807) is 6.33 Å². The fourth-order valence-electron chi connectivity index (χ4n) is 1.12. The van der Waals surface area contributed by atoms with Crippen LogP contribution in [0.3, 0.4) is 0 Å². The quantitative estimate of drug-likeness (QED) is 0.726. The molecule has 1 heterocycles. The van der Waals surface area contributed by atoms with E-state index >= 15 is 0 Å². The average Bonchev–Trinajstić information content (AvgIpc) is 2.17. The van der Waals surface area contributed by atoms with E-state index in [4.69, 9.17) is 4.74 Å². The second-order valence-corrected chi connectivity index (χ2v) is 3.94. The summed E-state index contributed by atoms with van der Waals surface area (Å²) in [5.74, 6) is 1.45. The molecule has 0 spiro atoms. The minimum atomic E-state index is 0.589. The van der Waals surface area contributed by atoms with Gasteiger partial charge in [-0.15, -0.1) is 0 Å². The number of hydrogen-bond acceptors (Lipinski definition) is 4. The Bertz CT molecular complexity index is 289. The number of rotatable bonds is 6. The lowest BCUT2D eigenvalue weighted by atomic mass is 10.2. The van der Waals surface area contributed by atoms with Crippen molar-refractivity contribution >= 4 is 5.82 Å². The Morgan fingerprint density at radius 3 is 2.87 bits per heavy atom. The van der Waals surface area contributed by atoms with Gasteiger partial charge in [-0.3, -0.25) is 0 Å². The van der Waals surface area contributed by atoms with Crippen molar-refractivity contribution in [3.05, 3.63) is 18.1 Å². The van der Waals surface area contributed by atoms with E-state index < -0.39 is 0 Å². The smallest absolute Gasteiger partial charge is 0.129 e. The molecule has 15 heavy (non-hydrogen) atoms. The van der Waals surface area contributed by atoms with Crippen LogP contribution in [0.5, 0.6) is 0 Å². The van der Waals surface area contributed by atoms with Crippen molar-refractivity contribution in [2.75, 3.05) is 25.1 Å². The zero-order valence-corrected chi connectivity index (χ0v) is 9.66. The molecule has 4 nitrogen and oxygen atoms in total. The Hall–Kier alpha value is -1.16. The summed E-state index contributed by atoms with van der Waals surface area (Å²) in [5, 5.41) is 3.18. The Kier molecular flexibility index (Phi) is 5.04. The zero-order chi connectivity index (χ0) is 11.1. The standard InChI is InChI=1S/C11H19N3O/c1-9(2)7-15-5-4-12-11-6-10(3)13-8-14-11/h6,8-9H,4-5,7H2,1-3H3,(H,12,13,14). The molecule has 0 saturated carbocycles. The zero-order valence-electron chi connectivity index (χ0n) is 9.66. The predicted molar refractivity (Wildman–Crippen MR) is 60.9 cm³/mol. The van der Waals surface area contributed by atoms with Crippen molar-refractivity contribution in [3.63, 3.8) is 0 Å². The van der Waals surface area contributed by atoms with Crippen molar-refractivity contribution in [1.82, 2.24) is 9.97 Å². The molecule has 0 amide bonds. The summed E-state index contributed by atoms with van der Waals surface area (Å²) in [6.07, 6.45) is 1.56. The molecule has 0 bridgehead atoms. The van der Waals surface area contributed by atoms with Crippen LogP contribution in [-0.2, 0) is 4.74 Å². The molecule has 0 aliphatic carbocycles. The van der Waals surface area contributed by atoms with Crippen LogP contribution >= 0.6 is 0 Å². The first kappa shape index (κ1) is 11.9. The summed E-state index contributed by atoms with van der Waals surface area (Å²) in [6.45, 7) is 8.53. The molecule has 0 aliphatic rings. The first-order chi connectivity index (χ1) is 7.18. The van der Waals surface area contributed by atoms with E-state index in [9.17, 15) is 0 Å². The molecule has 0 atom stereocenters. The van der Waals surface area contributed by atoms with Gasteiger partial charge in [-0.05, 0) is 12.8 Å². The summed E-state index contributed by atoms with van der Waals surface area (Å²) < 4.78 is 5.44. The third-order valence-corrected chi connectivity index (χ3v) is 1.81. The van der Waals surface area contributed by atoms with Crippen molar-refractivity contribution in [2.24, 2.45) is 5.92 Å². The lowest BCUT2D eigenvalue weighted by Crippen LogP contribution is -2.12. The molecule has 84 valence electrons. The number of anilines is 1. The van der Waals surface area contributed by atoms with Crippen LogP contribution in [0, 0.1) is 12.8 Å². The average molecular weight is 209 g/mol. The van der Waals surface area contributed by atoms with Crippen molar-refractivity contribution < 1.29 is 4.74 Å². The van der Waals surface area contributed by atoms with E-state index in [0.29, 0.717) is 12.5 Å². The van der Waals surface area contributed by atoms with Crippen LogP contribution < -0.4 is 5.32 Å². The van der Waals surface area contributed by atoms with Crippen LogP contribution in [0.2, 0.25) is 0 Å². The Morgan fingerprint density at radius 2 is 2.20 bits per heavy atom. The fourth-order valence-corrected chi connectivity index (χ4v) is 1.12. The predicted octanol–water partition coefficient (Wildman–Crippen LogP) is 1.87. The van der Waals surface area contributed by atoms with Gasteiger partial charge in [0.2, 0.25) is 0 Å². The van der Waals surface area contributed by atoms with Crippen LogP contribution in [0.15, 0.2) is 12.4 Å². The van der Waals surface area contributed by atoms with Crippen LogP contribution in [0.4, 0.5) is 5.82 Å². The third-order valence-electron chi connectivity index (χ3n) is 1.81. The van der Waals surface area contributed by atoms with Crippen LogP contribution in [0.1, 0.15) is 19.5 Å². The summed E-state index contributed by atoms with van der Waals surface area (Å²) >= 11 is 0. The largest absolute Gasteiger partial charge is 0.379 e. The topological polar surface area (TPSA) is 47.0 Å². The second kappa shape index (κ2) is 6.35. The Labute approximate surface area is 91.1 Å². The highest BCUT2D eigenvalue weighted by molar-refractivity contribution is 5.34. The number of hydrogen-bond donors (Lipinski definition) is 1. The van der Waals surface area contributed by atoms with Gasteiger partial charge < -0.3 is 10.1 Å². The minimum absolute atomic E-state index is 0.589. The van der Waals surface area contributed by atoms with Crippen molar-refractivity contribution in [1.29, 1.82) is 0 Å². The minimum Gasteiger partial charge on any atom is -0.379 e. The maximum atomic E-state index is 5.44. The molecule has 4 heteroatoms. The molecular weight excluding hydrogens is 190 g/mol. The first-order valence-electron chi connectivity index (χ1n) is 5.28.